The lowest BCUT2D eigenvalue weighted by molar-refractivity contribution is 0.594. The van der Waals surface area contributed by atoms with E-state index in [2.05, 4.69) is 5.32 Å². The van der Waals surface area contributed by atoms with Gasteiger partial charge in [-0.15, -0.1) is 0 Å². The Morgan fingerprint density at radius 1 is 1.18 bits per heavy atom. The first kappa shape index (κ1) is 14.1. The number of benzene rings is 1. The summed E-state index contributed by atoms with van der Waals surface area (Å²) >= 11 is 0. The van der Waals surface area contributed by atoms with Gasteiger partial charge in [0.05, 0.1) is 5.75 Å². The summed E-state index contributed by atoms with van der Waals surface area (Å²) in [5, 5.41) is 3.16. The molecule has 0 aliphatic carbocycles. The average molecular weight is 259 g/mol. The second-order valence-corrected chi connectivity index (χ2v) is 6.37. The Labute approximate surface area is 102 Å². The molecule has 0 heterocycles. The van der Waals surface area contributed by atoms with Crippen molar-refractivity contribution >= 4 is 9.84 Å². The molecule has 1 aromatic rings. The van der Waals surface area contributed by atoms with E-state index in [4.69, 9.17) is 0 Å². The molecule has 0 aliphatic heterocycles. The molecule has 0 amide bonds. The van der Waals surface area contributed by atoms with E-state index in [0.717, 1.165) is 18.5 Å². The van der Waals surface area contributed by atoms with Crippen LogP contribution in [0.15, 0.2) is 24.3 Å². The van der Waals surface area contributed by atoms with Crippen molar-refractivity contribution in [2.45, 2.75) is 12.8 Å². The van der Waals surface area contributed by atoms with Crippen LogP contribution in [0, 0.1) is 5.82 Å². The Morgan fingerprint density at radius 2 is 1.82 bits per heavy atom. The smallest absolute Gasteiger partial charge is 0.147 e. The summed E-state index contributed by atoms with van der Waals surface area (Å²) in [6.07, 6.45) is 2.69. The van der Waals surface area contributed by atoms with Crippen molar-refractivity contribution in [2.24, 2.45) is 0 Å². The maximum absolute atomic E-state index is 12.6. The number of rotatable bonds is 7. The normalized spacial score (nSPS) is 11.6. The Hall–Kier alpha value is -0.940. The number of nitrogens with one attached hydrogen (secondary N) is 1. The van der Waals surface area contributed by atoms with E-state index in [0.29, 0.717) is 13.0 Å². The minimum Gasteiger partial charge on any atom is -0.316 e. The Bertz CT molecular complexity index is 428. The zero-order valence-electron chi connectivity index (χ0n) is 9.95. The summed E-state index contributed by atoms with van der Waals surface area (Å²) in [6, 6.07) is 6.40. The number of hydrogen-bond donors (Lipinski definition) is 1. The second-order valence-electron chi connectivity index (χ2n) is 4.11. The fourth-order valence-corrected chi connectivity index (χ4v) is 2.14. The summed E-state index contributed by atoms with van der Waals surface area (Å²) in [6.45, 7) is 1.46. The highest BCUT2D eigenvalue weighted by atomic mass is 32.2. The quantitative estimate of drug-likeness (QED) is 0.753. The molecule has 0 spiro atoms. The van der Waals surface area contributed by atoms with Crippen LogP contribution in [-0.2, 0) is 16.3 Å². The van der Waals surface area contributed by atoms with E-state index in [1.54, 1.807) is 12.1 Å². The van der Waals surface area contributed by atoms with Crippen molar-refractivity contribution < 1.29 is 12.8 Å². The third-order valence-electron chi connectivity index (χ3n) is 2.37. The van der Waals surface area contributed by atoms with E-state index in [1.807, 2.05) is 0 Å². The molecule has 0 saturated heterocycles. The van der Waals surface area contributed by atoms with Gasteiger partial charge in [0, 0.05) is 6.26 Å². The van der Waals surface area contributed by atoms with Gasteiger partial charge < -0.3 is 5.32 Å². The highest BCUT2D eigenvalue weighted by Gasteiger charge is 2.00. The molecule has 96 valence electrons. The summed E-state index contributed by atoms with van der Waals surface area (Å²) in [7, 11) is -2.85. The summed E-state index contributed by atoms with van der Waals surface area (Å²) in [5.74, 6) is -0.00818. The highest BCUT2D eigenvalue weighted by Crippen LogP contribution is 2.02. The molecule has 0 unspecified atom stereocenters. The maximum atomic E-state index is 12.6. The van der Waals surface area contributed by atoms with Crippen molar-refractivity contribution in [3.63, 3.8) is 0 Å². The molecule has 17 heavy (non-hydrogen) atoms. The zero-order valence-corrected chi connectivity index (χ0v) is 10.8. The predicted octanol–water partition coefficient (Wildman–Crippen LogP) is 1.39. The predicted molar refractivity (Wildman–Crippen MR) is 67.3 cm³/mol. The molecule has 1 N–H and O–H groups in total. The van der Waals surface area contributed by atoms with Crippen LogP contribution in [0.25, 0.3) is 0 Å². The molecule has 0 fully saturated rings. The molecule has 0 radical (unpaired) electrons. The fourth-order valence-electron chi connectivity index (χ4n) is 1.47. The summed E-state index contributed by atoms with van der Waals surface area (Å²) in [5.41, 5.74) is 1.07. The van der Waals surface area contributed by atoms with Crippen LogP contribution in [0.1, 0.15) is 12.0 Å². The lowest BCUT2D eigenvalue weighted by Gasteiger charge is -2.04. The zero-order chi connectivity index (χ0) is 12.7. The number of halogens is 1. The summed E-state index contributed by atoms with van der Waals surface area (Å²) < 4.78 is 34.3. The molecule has 1 aromatic carbocycles. The van der Waals surface area contributed by atoms with E-state index in [1.165, 1.54) is 18.4 Å². The monoisotopic (exact) mass is 259 g/mol. The fraction of sp³-hybridized carbons (Fsp3) is 0.500. The Morgan fingerprint density at radius 3 is 2.41 bits per heavy atom. The lowest BCUT2D eigenvalue weighted by atomic mass is 10.1. The standard InChI is InChI=1S/C12H18FNO2S/c1-17(15,16)10-2-8-14-9-7-11-3-5-12(13)6-4-11/h3-6,14H,2,7-10H2,1H3. The van der Waals surface area contributed by atoms with Gasteiger partial charge in [0.2, 0.25) is 0 Å². The molecule has 1 rings (SSSR count). The van der Waals surface area contributed by atoms with Crippen LogP contribution in [0.5, 0.6) is 0 Å². The van der Waals surface area contributed by atoms with Crippen LogP contribution in [0.4, 0.5) is 4.39 Å². The third kappa shape index (κ3) is 7.07. The van der Waals surface area contributed by atoms with Gasteiger partial charge in [-0.3, -0.25) is 0 Å². The molecule has 0 bridgehead atoms. The first-order chi connectivity index (χ1) is 7.97. The lowest BCUT2D eigenvalue weighted by Crippen LogP contribution is -2.20. The van der Waals surface area contributed by atoms with E-state index < -0.39 is 9.84 Å². The van der Waals surface area contributed by atoms with Gasteiger partial charge in [-0.1, -0.05) is 12.1 Å². The number of sulfone groups is 1. The topological polar surface area (TPSA) is 46.2 Å². The Balaban J connectivity index is 2.10. The maximum Gasteiger partial charge on any atom is 0.147 e. The molecule has 0 saturated carbocycles. The largest absolute Gasteiger partial charge is 0.316 e. The second kappa shape index (κ2) is 6.71. The molecule has 3 nitrogen and oxygen atoms in total. The van der Waals surface area contributed by atoms with Crippen molar-refractivity contribution in [3.05, 3.63) is 35.6 Å². The third-order valence-corrected chi connectivity index (χ3v) is 3.40. The van der Waals surface area contributed by atoms with Crippen LogP contribution in [-0.4, -0.2) is 33.5 Å². The molecular weight excluding hydrogens is 241 g/mol. The molecular formula is C12H18FNO2S. The van der Waals surface area contributed by atoms with Gasteiger partial charge in [-0.25, -0.2) is 12.8 Å². The first-order valence-corrected chi connectivity index (χ1v) is 7.66. The minimum atomic E-state index is -2.85. The van der Waals surface area contributed by atoms with Gasteiger partial charge >= 0.3 is 0 Å². The van der Waals surface area contributed by atoms with Crippen molar-refractivity contribution in [3.8, 4) is 0 Å². The van der Waals surface area contributed by atoms with Gasteiger partial charge in [-0.05, 0) is 43.6 Å². The van der Waals surface area contributed by atoms with Crippen LogP contribution >= 0.6 is 0 Å². The number of hydrogen-bond acceptors (Lipinski definition) is 3. The van der Waals surface area contributed by atoms with Gasteiger partial charge in [0.1, 0.15) is 15.7 Å². The summed E-state index contributed by atoms with van der Waals surface area (Å²) in [4.78, 5) is 0. The van der Waals surface area contributed by atoms with Gasteiger partial charge in [-0.2, -0.15) is 0 Å². The average Bonchev–Trinajstić information content (AvgIpc) is 2.24. The van der Waals surface area contributed by atoms with Crippen molar-refractivity contribution in [1.82, 2.24) is 5.32 Å². The molecule has 0 aromatic heterocycles. The van der Waals surface area contributed by atoms with Crippen LogP contribution in [0.2, 0.25) is 0 Å². The molecule has 5 heteroatoms. The minimum absolute atomic E-state index is 0.219. The Kier molecular flexibility index (Phi) is 5.58. The highest BCUT2D eigenvalue weighted by molar-refractivity contribution is 7.90. The first-order valence-electron chi connectivity index (χ1n) is 5.60. The SMILES string of the molecule is CS(=O)(=O)CCCNCCc1ccc(F)cc1. The van der Waals surface area contributed by atoms with E-state index >= 15 is 0 Å². The van der Waals surface area contributed by atoms with E-state index in [-0.39, 0.29) is 11.6 Å². The molecule has 0 aliphatic rings. The van der Waals surface area contributed by atoms with E-state index in [9.17, 15) is 12.8 Å². The van der Waals surface area contributed by atoms with Gasteiger partial charge in [0.25, 0.3) is 0 Å². The molecule has 0 atom stereocenters. The van der Waals surface area contributed by atoms with Crippen LogP contribution < -0.4 is 5.32 Å². The van der Waals surface area contributed by atoms with Gasteiger partial charge in [0.15, 0.2) is 0 Å². The van der Waals surface area contributed by atoms with Crippen LogP contribution in [0.3, 0.4) is 0 Å². The van der Waals surface area contributed by atoms with Crippen molar-refractivity contribution in [1.29, 1.82) is 0 Å². The van der Waals surface area contributed by atoms with Crippen molar-refractivity contribution in [2.75, 3.05) is 25.1 Å².